The second-order valence-corrected chi connectivity index (χ2v) is 12.5. The quantitative estimate of drug-likeness (QED) is 0.162. The van der Waals surface area contributed by atoms with Gasteiger partial charge in [-0.1, -0.05) is 44.2 Å². The molecule has 258 valence electrons. The van der Waals surface area contributed by atoms with Gasteiger partial charge < -0.3 is 40.8 Å². The van der Waals surface area contributed by atoms with Crippen LogP contribution in [-0.4, -0.2) is 92.6 Å². The summed E-state index contributed by atoms with van der Waals surface area (Å²) in [6.45, 7) is 10.7. The lowest BCUT2D eigenvalue weighted by atomic mass is 9.84. The standard InChI is InChI=1S/C31H47N3O11S/c1-8-12-33-26-21-13-17(2)14-25(43-7)27(36)19(4)15-20(5)28(44-31(32)38)24(42-6)11-9-10-18(3)30(37)34-22(16-23(26)35)29(21)45-46(39,40)41/h8-11,15-17,19,23-25,27-29,33,35-36H,1,12-14H2,2-7H3,(H2,32,38)(H,34,37)(H,39,40,41)/b11-9-,18-10+,20-15+/t17-,19+,23?,24+,25+,27-,28+,29?/m1/s1. The second kappa shape index (κ2) is 17.6. The number of aliphatic hydroxyl groups is 2. The van der Waals surface area contributed by atoms with Crippen LogP contribution in [0.5, 0.6) is 0 Å². The molecule has 2 unspecified atom stereocenters. The maximum absolute atomic E-state index is 13.2. The van der Waals surface area contributed by atoms with Gasteiger partial charge in [0.2, 0.25) is 0 Å². The van der Waals surface area contributed by atoms with E-state index in [0.29, 0.717) is 5.57 Å². The van der Waals surface area contributed by atoms with E-state index in [9.17, 15) is 32.8 Å². The van der Waals surface area contributed by atoms with Gasteiger partial charge in [-0.25, -0.2) is 8.98 Å². The van der Waals surface area contributed by atoms with Gasteiger partial charge in [-0.2, -0.15) is 8.42 Å². The molecule has 1 aliphatic heterocycles. The van der Waals surface area contributed by atoms with E-state index >= 15 is 0 Å². The summed E-state index contributed by atoms with van der Waals surface area (Å²) in [6.07, 6.45) is 1.92. The number of fused-ring (bicyclic) bond motifs is 2. The van der Waals surface area contributed by atoms with Crippen molar-refractivity contribution in [3.63, 3.8) is 0 Å². The van der Waals surface area contributed by atoms with E-state index in [1.54, 1.807) is 26.0 Å². The van der Waals surface area contributed by atoms with Crippen LogP contribution in [0.3, 0.4) is 0 Å². The zero-order chi connectivity index (χ0) is 34.8. The lowest BCUT2D eigenvalue weighted by Crippen LogP contribution is -2.42. The van der Waals surface area contributed by atoms with Crippen LogP contribution in [-0.2, 0) is 33.6 Å². The Kier molecular flexibility index (Phi) is 14.8. The number of ether oxygens (including phenoxy) is 3. The molecule has 0 spiro atoms. The van der Waals surface area contributed by atoms with Gasteiger partial charge in [-0.3, -0.25) is 9.35 Å². The number of hydrogen-bond acceptors (Lipinski definition) is 11. The zero-order valence-corrected chi connectivity index (χ0v) is 27.8. The summed E-state index contributed by atoms with van der Waals surface area (Å²) < 4.78 is 55.4. The van der Waals surface area contributed by atoms with Crippen molar-refractivity contribution in [2.24, 2.45) is 17.6 Å². The molecule has 8 atom stereocenters. The minimum absolute atomic E-state index is 0.0986. The molecule has 1 heterocycles. The normalized spacial score (nSPS) is 33.4. The highest BCUT2D eigenvalue weighted by Crippen LogP contribution is 2.34. The van der Waals surface area contributed by atoms with Crippen LogP contribution >= 0.6 is 0 Å². The summed E-state index contributed by atoms with van der Waals surface area (Å²) in [4.78, 5) is 25.0. The van der Waals surface area contributed by atoms with Gasteiger partial charge in [-0.15, -0.1) is 6.58 Å². The van der Waals surface area contributed by atoms with Crippen LogP contribution in [0.4, 0.5) is 4.79 Å². The monoisotopic (exact) mass is 669 g/mol. The first-order valence-electron chi connectivity index (χ1n) is 14.7. The Balaban J connectivity index is 2.74. The SMILES string of the molecule is C=CCNC1=C2C[C@@H](C)C[C@H](OC)[C@H](O)[C@@H](C)/C=C(\C)[C@H](OC(N)=O)[C@@H](OC)/C=C\C=C(/C)C(=O)NC(=CC1O)C2OS(=O)(=O)O. The highest BCUT2D eigenvalue weighted by Gasteiger charge is 2.37. The number of hydrogen-bond donors (Lipinski definition) is 6. The van der Waals surface area contributed by atoms with Gasteiger partial charge in [0.1, 0.15) is 18.3 Å². The van der Waals surface area contributed by atoms with E-state index in [-0.39, 0.29) is 47.8 Å². The molecule has 2 rings (SSSR count). The molecule has 0 radical (unpaired) electrons. The van der Waals surface area contributed by atoms with Gasteiger partial charge in [0.25, 0.3) is 5.91 Å². The fourth-order valence-corrected chi connectivity index (χ4v) is 5.92. The van der Waals surface area contributed by atoms with Crippen LogP contribution < -0.4 is 16.4 Å². The van der Waals surface area contributed by atoms with Crippen molar-refractivity contribution in [1.82, 2.24) is 10.6 Å². The summed E-state index contributed by atoms with van der Waals surface area (Å²) in [6, 6.07) is 0. The number of carbonyl (C=O) groups is 2. The Morgan fingerprint density at radius 2 is 1.87 bits per heavy atom. The molecule has 2 aliphatic rings. The molecular formula is C31H47N3O11S. The number of amides is 2. The van der Waals surface area contributed by atoms with Crippen molar-refractivity contribution in [3.8, 4) is 0 Å². The highest BCUT2D eigenvalue weighted by atomic mass is 32.3. The van der Waals surface area contributed by atoms with Crippen LogP contribution in [0.25, 0.3) is 0 Å². The summed E-state index contributed by atoms with van der Waals surface area (Å²) >= 11 is 0. The molecule has 15 heteroatoms. The number of carbonyl (C=O) groups excluding carboxylic acids is 2. The Bertz CT molecular complexity index is 1370. The van der Waals surface area contributed by atoms with Gasteiger partial charge in [0.15, 0.2) is 6.10 Å². The number of allylic oxidation sites excluding steroid dienone is 2. The first-order chi connectivity index (χ1) is 21.5. The Morgan fingerprint density at radius 1 is 1.20 bits per heavy atom. The third-order valence-electron chi connectivity index (χ3n) is 7.71. The number of methoxy groups -OCH3 is 2. The van der Waals surface area contributed by atoms with Crippen molar-refractivity contribution in [2.45, 2.75) is 77.2 Å². The minimum atomic E-state index is -5.05. The fourth-order valence-electron chi connectivity index (χ4n) is 5.45. The predicted molar refractivity (Wildman–Crippen MR) is 170 cm³/mol. The molecule has 0 saturated heterocycles. The van der Waals surface area contributed by atoms with Crippen molar-refractivity contribution >= 4 is 22.4 Å². The van der Waals surface area contributed by atoms with Gasteiger partial charge in [-0.05, 0) is 49.8 Å². The van der Waals surface area contributed by atoms with E-state index < -0.39 is 64.9 Å². The number of nitrogens with two attached hydrogens (primary N) is 1. The lowest BCUT2D eigenvalue weighted by molar-refractivity contribution is -0.117. The second-order valence-electron chi connectivity index (χ2n) is 11.4. The van der Waals surface area contributed by atoms with Crippen molar-refractivity contribution in [2.75, 3.05) is 20.8 Å². The van der Waals surface area contributed by atoms with E-state index in [0.717, 1.165) is 0 Å². The van der Waals surface area contributed by atoms with Crippen molar-refractivity contribution < 1.29 is 51.2 Å². The van der Waals surface area contributed by atoms with E-state index in [2.05, 4.69) is 17.2 Å². The third-order valence-corrected chi connectivity index (χ3v) is 8.15. The van der Waals surface area contributed by atoms with Crippen molar-refractivity contribution in [1.29, 1.82) is 0 Å². The molecule has 0 fully saturated rings. The molecule has 0 saturated carbocycles. The first kappa shape index (κ1) is 38.9. The summed E-state index contributed by atoms with van der Waals surface area (Å²) in [5, 5.41) is 28.0. The lowest BCUT2D eigenvalue weighted by Gasteiger charge is -2.34. The minimum Gasteiger partial charge on any atom is -0.439 e. The van der Waals surface area contributed by atoms with Crippen LogP contribution in [0.2, 0.25) is 0 Å². The van der Waals surface area contributed by atoms with E-state index in [1.807, 2.05) is 6.92 Å². The number of nitrogens with one attached hydrogen (secondary N) is 2. The smallest absolute Gasteiger partial charge is 0.405 e. The van der Waals surface area contributed by atoms with Gasteiger partial charge >= 0.3 is 16.5 Å². The molecule has 1 aliphatic carbocycles. The summed E-state index contributed by atoms with van der Waals surface area (Å²) in [5.74, 6) is -1.49. The maximum Gasteiger partial charge on any atom is 0.405 e. The molecule has 46 heavy (non-hydrogen) atoms. The third kappa shape index (κ3) is 11.2. The average Bonchev–Trinajstić information content (AvgIpc) is 2.96. The molecule has 0 aromatic heterocycles. The Labute approximate surface area is 270 Å². The average molecular weight is 670 g/mol. The van der Waals surface area contributed by atoms with E-state index in [4.69, 9.17) is 24.1 Å². The molecular weight excluding hydrogens is 622 g/mol. The molecule has 14 nitrogen and oxygen atoms in total. The summed E-state index contributed by atoms with van der Waals surface area (Å²) in [7, 11) is -2.20. The Hall–Kier alpha value is -3.31. The fraction of sp³-hybridized carbons (Fsp3) is 0.548. The zero-order valence-electron chi connectivity index (χ0n) is 27.0. The maximum atomic E-state index is 13.2. The van der Waals surface area contributed by atoms with Crippen molar-refractivity contribution in [3.05, 3.63) is 71.1 Å². The molecule has 0 aromatic rings. The molecule has 0 aromatic carbocycles. The largest absolute Gasteiger partial charge is 0.439 e. The van der Waals surface area contributed by atoms with Gasteiger partial charge in [0, 0.05) is 38.0 Å². The highest BCUT2D eigenvalue weighted by molar-refractivity contribution is 7.80. The molecule has 2 bridgehead atoms. The van der Waals surface area contributed by atoms with Crippen LogP contribution in [0.1, 0.15) is 40.5 Å². The number of aliphatic hydroxyl groups excluding tert-OH is 2. The topological polar surface area (TPSA) is 216 Å². The predicted octanol–water partition coefficient (Wildman–Crippen LogP) is 1.95. The van der Waals surface area contributed by atoms with E-state index in [1.165, 1.54) is 45.4 Å². The first-order valence-corrected chi connectivity index (χ1v) is 16.1. The number of primary amides is 1. The summed E-state index contributed by atoms with van der Waals surface area (Å²) in [5.41, 5.74) is 6.41. The Morgan fingerprint density at radius 3 is 2.43 bits per heavy atom. The molecule has 2 amide bonds. The van der Waals surface area contributed by atoms with Gasteiger partial charge in [0.05, 0.1) is 17.9 Å². The van der Waals surface area contributed by atoms with Crippen LogP contribution in [0.15, 0.2) is 71.1 Å². The molecule has 7 N–H and O–H groups in total. The number of rotatable bonds is 8. The van der Waals surface area contributed by atoms with Crippen LogP contribution in [0, 0.1) is 11.8 Å².